The molecule has 126 valence electrons. The van der Waals surface area contributed by atoms with Crippen molar-refractivity contribution in [2.75, 3.05) is 6.61 Å². The van der Waals surface area contributed by atoms with Crippen molar-refractivity contribution >= 4 is 39.7 Å². The van der Waals surface area contributed by atoms with Crippen LogP contribution in [0.2, 0.25) is 0 Å². The summed E-state index contributed by atoms with van der Waals surface area (Å²) in [4.78, 5) is 29.3. The fraction of sp³-hybridized carbons (Fsp3) is 0.562. The third-order valence-corrected chi connectivity index (χ3v) is 5.14. The van der Waals surface area contributed by atoms with Gasteiger partial charge in [0, 0.05) is 4.88 Å². The lowest BCUT2D eigenvalue weighted by molar-refractivity contribution is -0.144. The molecule has 2 heterocycles. The van der Waals surface area contributed by atoms with E-state index in [1.165, 1.54) is 15.9 Å². The molecule has 0 radical (unpaired) electrons. The summed E-state index contributed by atoms with van der Waals surface area (Å²) in [5.74, 6) is -0.423. The second kappa shape index (κ2) is 8.40. The third kappa shape index (κ3) is 4.51. The van der Waals surface area contributed by atoms with Crippen molar-refractivity contribution in [3.05, 3.63) is 26.1 Å². The van der Waals surface area contributed by atoms with Gasteiger partial charge in [0.25, 0.3) is 5.56 Å². The fourth-order valence-corrected chi connectivity index (χ4v) is 3.60. The molecule has 0 fully saturated rings. The predicted octanol–water partition coefficient (Wildman–Crippen LogP) is 3.81. The maximum absolute atomic E-state index is 12.5. The summed E-state index contributed by atoms with van der Waals surface area (Å²) < 4.78 is 6.72. The topological polar surface area (TPSA) is 64.1 Å². The standard InChI is InChI=1S/C16H22N2O3S2/c1-3-5-6-7-8-21-13(19)10-18-15(20)12-9-11(4-2)23-14(12)17-16(18)22/h9H,3-8,10H2,1-2H3,(H,17,22). The number of aromatic amines is 1. The largest absolute Gasteiger partial charge is 0.464 e. The average molecular weight is 354 g/mol. The Bertz CT molecular complexity index is 789. The maximum Gasteiger partial charge on any atom is 0.326 e. The van der Waals surface area contributed by atoms with Crippen LogP contribution in [0.3, 0.4) is 0 Å². The van der Waals surface area contributed by atoms with E-state index in [0.29, 0.717) is 12.0 Å². The molecule has 0 saturated heterocycles. The van der Waals surface area contributed by atoms with E-state index in [9.17, 15) is 9.59 Å². The van der Waals surface area contributed by atoms with E-state index >= 15 is 0 Å². The highest BCUT2D eigenvalue weighted by molar-refractivity contribution is 7.71. The molecular formula is C16H22N2O3S2. The Labute approximate surface area is 144 Å². The lowest BCUT2D eigenvalue weighted by atomic mass is 10.2. The van der Waals surface area contributed by atoms with Gasteiger partial charge in [-0.3, -0.25) is 14.2 Å². The minimum Gasteiger partial charge on any atom is -0.464 e. The van der Waals surface area contributed by atoms with Gasteiger partial charge in [0.05, 0.1) is 12.0 Å². The highest BCUT2D eigenvalue weighted by atomic mass is 32.1. The normalized spacial score (nSPS) is 11.0. The van der Waals surface area contributed by atoms with Gasteiger partial charge in [0.1, 0.15) is 11.4 Å². The van der Waals surface area contributed by atoms with Crippen LogP contribution < -0.4 is 5.56 Å². The number of ether oxygens (including phenoxy) is 1. The highest BCUT2D eigenvalue weighted by Crippen LogP contribution is 2.21. The van der Waals surface area contributed by atoms with E-state index < -0.39 is 5.97 Å². The molecular weight excluding hydrogens is 332 g/mol. The first kappa shape index (κ1) is 17.9. The molecule has 0 aliphatic rings. The summed E-state index contributed by atoms with van der Waals surface area (Å²) in [5, 5.41) is 0.580. The number of hydrogen-bond donors (Lipinski definition) is 1. The number of unbranched alkanes of at least 4 members (excludes halogenated alkanes) is 3. The number of aryl methyl sites for hydroxylation is 1. The number of fused-ring (bicyclic) bond motifs is 1. The first-order chi connectivity index (χ1) is 11.1. The van der Waals surface area contributed by atoms with Gasteiger partial charge < -0.3 is 9.72 Å². The Hall–Kier alpha value is -1.47. The fourth-order valence-electron chi connectivity index (χ4n) is 2.30. The second-order valence-corrected chi connectivity index (χ2v) is 6.94. The first-order valence-electron chi connectivity index (χ1n) is 7.98. The monoisotopic (exact) mass is 354 g/mol. The summed E-state index contributed by atoms with van der Waals surface area (Å²) in [7, 11) is 0. The quantitative estimate of drug-likeness (QED) is 0.445. The van der Waals surface area contributed by atoms with Crippen molar-refractivity contribution in [3.63, 3.8) is 0 Å². The number of H-pyrrole nitrogens is 1. The number of thiophene rings is 1. The number of carbonyl (C=O) groups is 1. The number of carbonyl (C=O) groups excluding carboxylic acids is 1. The first-order valence-corrected chi connectivity index (χ1v) is 9.20. The molecule has 0 aromatic carbocycles. The van der Waals surface area contributed by atoms with Crippen molar-refractivity contribution < 1.29 is 9.53 Å². The summed E-state index contributed by atoms with van der Waals surface area (Å²) in [6.07, 6.45) is 5.03. The SMILES string of the molecule is CCCCCCOC(=O)Cn1c(=S)[nH]c2sc(CC)cc2c1=O. The van der Waals surface area contributed by atoms with Crippen molar-refractivity contribution in [2.24, 2.45) is 0 Å². The van der Waals surface area contributed by atoms with Gasteiger partial charge in [0.15, 0.2) is 4.77 Å². The van der Waals surface area contributed by atoms with Crippen LogP contribution in [-0.4, -0.2) is 22.1 Å². The molecule has 2 aromatic rings. The van der Waals surface area contributed by atoms with Crippen LogP contribution in [0.15, 0.2) is 10.9 Å². The Morgan fingerprint density at radius 3 is 2.83 bits per heavy atom. The molecule has 0 atom stereocenters. The van der Waals surface area contributed by atoms with Gasteiger partial charge in [-0.15, -0.1) is 11.3 Å². The lowest BCUT2D eigenvalue weighted by Crippen LogP contribution is -2.26. The molecule has 0 saturated carbocycles. The zero-order valence-corrected chi connectivity index (χ0v) is 15.1. The number of rotatable bonds is 8. The molecule has 0 amide bonds. The zero-order chi connectivity index (χ0) is 16.8. The molecule has 1 N–H and O–H groups in total. The van der Waals surface area contributed by atoms with E-state index in [1.54, 1.807) is 0 Å². The Morgan fingerprint density at radius 1 is 1.35 bits per heavy atom. The maximum atomic E-state index is 12.5. The van der Waals surface area contributed by atoms with Gasteiger partial charge in [-0.25, -0.2) is 0 Å². The molecule has 2 rings (SSSR count). The van der Waals surface area contributed by atoms with E-state index in [1.807, 2.05) is 13.0 Å². The van der Waals surface area contributed by atoms with Gasteiger partial charge in [-0.2, -0.15) is 0 Å². The molecule has 0 aliphatic carbocycles. The molecule has 0 aliphatic heterocycles. The number of hydrogen-bond acceptors (Lipinski definition) is 5. The Kier molecular flexibility index (Phi) is 6.53. The van der Waals surface area contributed by atoms with Crippen LogP contribution in [0.25, 0.3) is 10.2 Å². The van der Waals surface area contributed by atoms with Crippen molar-refractivity contribution in [1.29, 1.82) is 0 Å². The van der Waals surface area contributed by atoms with Crippen molar-refractivity contribution in [2.45, 2.75) is 52.5 Å². The molecule has 0 spiro atoms. The third-order valence-electron chi connectivity index (χ3n) is 3.62. The molecule has 5 nitrogen and oxygen atoms in total. The smallest absolute Gasteiger partial charge is 0.326 e. The van der Waals surface area contributed by atoms with Crippen LogP contribution >= 0.6 is 23.6 Å². The molecule has 0 unspecified atom stereocenters. The number of esters is 1. The Morgan fingerprint density at radius 2 is 2.13 bits per heavy atom. The van der Waals surface area contributed by atoms with Crippen LogP contribution in [0, 0.1) is 4.77 Å². The number of nitrogens with zero attached hydrogens (tertiary/aromatic N) is 1. The lowest BCUT2D eigenvalue weighted by Gasteiger charge is -2.07. The summed E-state index contributed by atoms with van der Waals surface area (Å²) in [6.45, 7) is 4.41. The van der Waals surface area contributed by atoms with E-state index in [4.69, 9.17) is 17.0 Å². The van der Waals surface area contributed by atoms with Gasteiger partial charge in [-0.05, 0) is 31.1 Å². The van der Waals surface area contributed by atoms with Gasteiger partial charge in [0.2, 0.25) is 0 Å². The minimum absolute atomic E-state index is 0.144. The van der Waals surface area contributed by atoms with E-state index in [-0.39, 0.29) is 16.9 Å². The van der Waals surface area contributed by atoms with Gasteiger partial charge in [-0.1, -0.05) is 33.1 Å². The molecule has 23 heavy (non-hydrogen) atoms. The van der Waals surface area contributed by atoms with Crippen LogP contribution in [-0.2, 0) is 22.5 Å². The Balaban J connectivity index is 2.09. The number of aromatic nitrogens is 2. The summed E-state index contributed by atoms with van der Waals surface area (Å²) in [5.41, 5.74) is -0.234. The average Bonchev–Trinajstić information content (AvgIpc) is 2.94. The minimum atomic E-state index is -0.423. The van der Waals surface area contributed by atoms with Gasteiger partial charge >= 0.3 is 5.97 Å². The summed E-state index contributed by atoms with van der Waals surface area (Å²) >= 11 is 6.73. The predicted molar refractivity (Wildman–Crippen MR) is 95.7 cm³/mol. The van der Waals surface area contributed by atoms with Crippen molar-refractivity contribution in [3.8, 4) is 0 Å². The molecule has 2 aromatic heterocycles. The zero-order valence-electron chi connectivity index (χ0n) is 13.5. The molecule has 7 heteroatoms. The van der Waals surface area contributed by atoms with Crippen LogP contribution in [0.4, 0.5) is 0 Å². The van der Waals surface area contributed by atoms with Crippen LogP contribution in [0.5, 0.6) is 0 Å². The summed E-state index contributed by atoms with van der Waals surface area (Å²) in [6, 6.07) is 1.86. The van der Waals surface area contributed by atoms with Crippen LogP contribution in [0.1, 0.15) is 44.4 Å². The van der Waals surface area contributed by atoms with E-state index in [0.717, 1.165) is 41.8 Å². The van der Waals surface area contributed by atoms with Crippen molar-refractivity contribution in [1.82, 2.24) is 9.55 Å². The highest BCUT2D eigenvalue weighted by Gasteiger charge is 2.12. The second-order valence-electron chi connectivity index (χ2n) is 5.41. The molecule has 0 bridgehead atoms. The van der Waals surface area contributed by atoms with E-state index in [2.05, 4.69) is 11.9 Å². The number of nitrogens with one attached hydrogen (secondary N) is 1.